The molecule has 1 heterocycles. The van der Waals surface area contributed by atoms with Crippen molar-refractivity contribution in [2.24, 2.45) is 0 Å². The second-order valence-electron chi connectivity index (χ2n) is 5.89. The number of amides is 1. The summed E-state index contributed by atoms with van der Waals surface area (Å²) in [6.07, 6.45) is 2.97. The van der Waals surface area contributed by atoms with E-state index in [2.05, 4.69) is 20.6 Å². The first-order valence-electron chi connectivity index (χ1n) is 8.17. The standard InChI is InChI=1S/C20H20N4O2/c1-13-4-5-16(10-14(13)2)24-20(25)18-11-22-19(12-21-18)23-15-6-8-17(26-3)9-7-15/h4-12H,1-3H3,(H,22,23)(H,24,25). The van der Waals surface area contributed by atoms with Crippen LogP contribution >= 0.6 is 0 Å². The van der Waals surface area contributed by atoms with Crippen molar-refractivity contribution in [1.82, 2.24) is 9.97 Å². The van der Waals surface area contributed by atoms with Crippen LogP contribution in [0.1, 0.15) is 21.6 Å². The number of aromatic nitrogens is 2. The van der Waals surface area contributed by atoms with Crippen molar-refractivity contribution in [3.05, 3.63) is 71.7 Å². The molecule has 3 aromatic rings. The summed E-state index contributed by atoms with van der Waals surface area (Å²) < 4.78 is 5.12. The lowest BCUT2D eigenvalue weighted by atomic mass is 10.1. The van der Waals surface area contributed by atoms with Crippen LogP contribution in [-0.2, 0) is 0 Å². The molecule has 2 aromatic carbocycles. The van der Waals surface area contributed by atoms with Crippen LogP contribution in [-0.4, -0.2) is 23.0 Å². The molecule has 0 bridgehead atoms. The van der Waals surface area contributed by atoms with Gasteiger partial charge in [-0.05, 0) is 61.4 Å². The van der Waals surface area contributed by atoms with E-state index >= 15 is 0 Å². The number of methoxy groups -OCH3 is 1. The zero-order valence-corrected chi connectivity index (χ0v) is 14.9. The summed E-state index contributed by atoms with van der Waals surface area (Å²) in [5, 5.41) is 5.96. The maximum Gasteiger partial charge on any atom is 0.275 e. The van der Waals surface area contributed by atoms with E-state index in [1.807, 2.05) is 56.3 Å². The molecule has 0 saturated carbocycles. The Morgan fingerprint density at radius 3 is 2.27 bits per heavy atom. The highest BCUT2D eigenvalue weighted by molar-refractivity contribution is 6.02. The summed E-state index contributed by atoms with van der Waals surface area (Å²) >= 11 is 0. The van der Waals surface area contributed by atoms with Gasteiger partial charge in [-0.1, -0.05) is 6.07 Å². The van der Waals surface area contributed by atoms with E-state index in [9.17, 15) is 4.79 Å². The third kappa shape index (κ3) is 4.16. The SMILES string of the molecule is COc1ccc(Nc2cnc(C(=O)Nc3ccc(C)c(C)c3)cn2)cc1. The average molecular weight is 348 g/mol. The van der Waals surface area contributed by atoms with Gasteiger partial charge in [-0.2, -0.15) is 0 Å². The Balaban J connectivity index is 1.66. The van der Waals surface area contributed by atoms with E-state index in [0.29, 0.717) is 5.82 Å². The lowest BCUT2D eigenvalue weighted by Crippen LogP contribution is -2.14. The molecule has 1 amide bonds. The Hall–Kier alpha value is -3.41. The highest BCUT2D eigenvalue weighted by Gasteiger charge is 2.09. The number of nitrogens with one attached hydrogen (secondary N) is 2. The number of carbonyl (C=O) groups excluding carboxylic acids is 1. The van der Waals surface area contributed by atoms with Gasteiger partial charge in [-0.3, -0.25) is 4.79 Å². The van der Waals surface area contributed by atoms with Crippen molar-refractivity contribution in [1.29, 1.82) is 0 Å². The molecule has 0 fully saturated rings. The minimum Gasteiger partial charge on any atom is -0.497 e. The Kier molecular flexibility index (Phi) is 5.12. The summed E-state index contributed by atoms with van der Waals surface area (Å²) in [6, 6.07) is 13.2. The fourth-order valence-electron chi connectivity index (χ4n) is 2.35. The molecule has 6 nitrogen and oxygen atoms in total. The van der Waals surface area contributed by atoms with Gasteiger partial charge in [0.05, 0.1) is 19.5 Å². The maximum absolute atomic E-state index is 12.3. The molecular formula is C20H20N4O2. The monoisotopic (exact) mass is 348 g/mol. The summed E-state index contributed by atoms with van der Waals surface area (Å²) in [6.45, 7) is 4.03. The molecule has 0 spiro atoms. The number of aryl methyl sites for hydroxylation is 2. The van der Waals surface area contributed by atoms with Gasteiger partial charge in [0.15, 0.2) is 0 Å². The maximum atomic E-state index is 12.3. The zero-order valence-electron chi connectivity index (χ0n) is 14.9. The zero-order chi connectivity index (χ0) is 18.5. The third-order valence-corrected chi connectivity index (χ3v) is 4.01. The highest BCUT2D eigenvalue weighted by atomic mass is 16.5. The van der Waals surface area contributed by atoms with Crippen molar-refractivity contribution >= 4 is 23.1 Å². The van der Waals surface area contributed by atoms with Crippen LogP contribution < -0.4 is 15.4 Å². The highest BCUT2D eigenvalue weighted by Crippen LogP contribution is 2.18. The van der Waals surface area contributed by atoms with E-state index in [0.717, 1.165) is 22.7 Å². The molecule has 1 aromatic heterocycles. The second kappa shape index (κ2) is 7.65. The van der Waals surface area contributed by atoms with Crippen LogP contribution in [0, 0.1) is 13.8 Å². The van der Waals surface area contributed by atoms with Gasteiger partial charge >= 0.3 is 0 Å². The van der Waals surface area contributed by atoms with Crippen molar-refractivity contribution in [3.63, 3.8) is 0 Å². The number of carbonyl (C=O) groups is 1. The Bertz CT molecular complexity index is 906. The molecule has 26 heavy (non-hydrogen) atoms. The van der Waals surface area contributed by atoms with Gasteiger partial charge in [-0.15, -0.1) is 0 Å². The quantitative estimate of drug-likeness (QED) is 0.726. The molecule has 3 rings (SSSR count). The fourth-order valence-corrected chi connectivity index (χ4v) is 2.35. The van der Waals surface area contributed by atoms with Crippen molar-refractivity contribution < 1.29 is 9.53 Å². The molecule has 6 heteroatoms. The minimum absolute atomic E-state index is 0.253. The van der Waals surface area contributed by atoms with Gasteiger partial charge in [0, 0.05) is 11.4 Å². The number of nitrogens with zero attached hydrogens (tertiary/aromatic N) is 2. The van der Waals surface area contributed by atoms with Crippen molar-refractivity contribution in [2.75, 3.05) is 17.7 Å². The molecule has 0 aliphatic heterocycles. The predicted molar refractivity (Wildman–Crippen MR) is 102 cm³/mol. The number of ether oxygens (including phenoxy) is 1. The molecule has 0 atom stereocenters. The lowest BCUT2D eigenvalue weighted by Gasteiger charge is -2.08. The van der Waals surface area contributed by atoms with Crippen LogP contribution in [0.25, 0.3) is 0 Å². The van der Waals surface area contributed by atoms with Crippen LogP contribution in [0.3, 0.4) is 0 Å². The van der Waals surface area contributed by atoms with E-state index < -0.39 is 0 Å². The first-order valence-corrected chi connectivity index (χ1v) is 8.17. The molecule has 0 saturated heterocycles. The van der Waals surface area contributed by atoms with Crippen LogP contribution in [0.4, 0.5) is 17.2 Å². The molecule has 132 valence electrons. The lowest BCUT2D eigenvalue weighted by molar-refractivity contribution is 0.102. The molecule has 0 radical (unpaired) electrons. The number of hydrogen-bond acceptors (Lipinski definition) is 5. The van der Waals surface area contributed by atoms with Crippen LogP contribution in [0.2, 0.25) is 0 Å². The van der Waals surface area contributed by atoms with Gasteiger partial charge in [0.2, 0.25) is 0 Å². The van der Waals surface area contributed by atoms with Crippen molar-refractivity contribution in [3.8, 4) is 5.75 Å². The Labute approximate surface area is 152 Å². The third-order valence-electron chi connectivity index (χ3n) is 4.01. The topological polar surface area (TPSA) is 76.1 Å². The summed E-state index contributed by atoms with van der Waals surface area (Å²) in [4.78, 5) is 20.7. The first-order chi connectivity index (χ1) is 12.5. The van der Waals surface area contributed by atoms with E-state index in [-0.39, 0.29) is 11.6 Å². The molecular weight excluding hydrogens is 328 g/mol. The predicted octanol–water partition coefficient (Wildman–Crippen LogP) is 4.10. The number of anilines is 3. The van der Waals surface area contributed by atoms with E-state index in [1.54, 1.807) is 7.11 Å². The summed E-state index contributed by atoms with van der Waals surface area (Å²) in [5.41, 5.74) is 4.14. The molecule has 0 aliphatic rings. The number of rotatable bonds is 5. The smallest absolute Gasteiger partial charge is 0.275 e. The molecule has 0 unspecified atom stereocenters. The number of benzene rings is 2. The Morgan fingerprint density at radius 2 is 1.65 bits per heavy atom. The first kappa shape index (κ1) is 17.4. The van der Waals surface area contributed by atoms with Gasteiger partial charge in [-0.25, -0.2) is 9.97 Å². The average Bonchev–Trinajstić information content (AvgIpc) is 2.66. The van der Waals surface area contributed by atoms with Gasteiger partial charge in [0.1, 0.15) is 17.3 Å². The van der Waals surface area contributed by atoms with Crippen LogP contribution in [0.5, 0.6) is 5.75 Å². The fraction of sp³-hybridized carbons (Fsp3) is 0.150. The minimum atomic E-state index is -0.295. The second-order valence-corrected chi connectivity index (χ2v) is 5.89. The largest absolute Gasteiger partial charge is 0.497 e. The molecule has 0 aliphatic carbocycles. The van der Waals surface area contributed by atoms with Crippen LogP contribution in [0.15, 0.2) is 54.9 Å². The van der Waals surface area contributed by atoms with E-state index in [4.69, 9.17) is 4.74 Å². The van der Waals surface area contributed by atoms with E-state index in [1.165, 1.54) is 18.0 Å². The summed E-state index contributed by atoms with van der Waals surface area (Å²) in [7, 11) is 1.62. The van der Waals surface area contributed by atoms with Gasteiger partial charge in [0.25, 0.3) is 5.91 Å². The molecule has 2 N–H and O–H groups in total. The summed E-state index contributed by atoms with van der Waals surface area (Å²) in [5.74, 6) is 1.04. The Morgan fingerprint density at radius 1 is 0.923 bits per heavy atom. The number of hydrogen-bond donors (Lipinski definition) is 2. The van der Waals surface area contributed by atoms with Crippen molar-refractivity contribution in [2.45, 2.75) is 13.8 Å². The normalized spacial score (nSPS) is 10.3. The van der Waals surface area contributed by atoms with Gasteiger partial charge < -0.3 is 15.4 Å².